The Kier molecular flexibility index (Phi) is 5.78. The predicted molar refractivity (Wildman–Crippen MR) is 91.5 cm³/mol. The van der Waals surface area contributed by atoms with Gasteiger partial charge in [-0.05, 0) is 36.8 Å². The molecule has 0 unspecified atom stereocenters. The molecule has 3 N–H and O–H groups in total. The van der Waals surface area contributed by atoms with Crippen LogP contribution in [0.2, 0.25) is 0 Å². The Morgan fingerprint density at radius 1 is 1.12 bits per heavy atom. The van der Waals surface area contributed by atoms with E-state index in [-0.39, 0.29) is 17.9 Å². The van der Waals surface area contributed by atoms with Crippen molar-refractivity contribution < 1.29 is 19.1 Å². The van der Waals surface area contributed by atoms with Crippen LogP contribution >= 0.6 is 0 Å². The number of benzene rings is 2. The number of nitrogens with one attached hydrogen (secondary N) is 1. The molecule has 0 fully saturated rings. The lowest BCUT2D eigenvalue weighted by atomic mass is 10.1. The van der Waals surface area contributed by atoms with Gasteiger partial charge in [-0.25, -0.2) is 0 Å². The largest absolute Gasteiger partial charge is 0.493 e. The Bertz CT molecular complexity index is 744. The minimum Gasteiger partial charge on any atom is -0.493 e. The molecule has 6 nitrogen and oxygen atoms in total. The number of hydrogen-bond donors (Lipinski definition) is 2. The molecule has 6 heteroatoms. The summed E-state index contributed by atoms with van der Waals surface area (Å²) in [5, 5.41) is 2.71. The Hall–Kier alpha value is -3.02. The molecule has 0 saturated heterocycles. The molecule has 0 saturated carbocycles. The molecule has 0 aliphatic heterocycles. The fourth-order valence-electron chi connectivity index (χ4n) is 2.28. The van der Waals surface area contributed by atoms with Crippen molar-refractivity contribution >= 4 is 17.5 Å². The number of nitrogens with two attached hydrogens (primary N) is 1. The molecular weight excluding hydrogens is 308 g/mol. The van der Waals surface area contributed by atoms with Crippen LogP contribution in [-0.2, 0) is 11.2 Å². The molecule has 2 aromatic carbocycles. The average molecular weight is 328 g/mol. The summed E-state index contributed by atoms with van der Waals surface area (Å²) in [4.78, 5) is 23.6. The van der Waals surface area contributed by atoms with Crippen molar-refractivity contribution in [3.63, 3.8) is 0 Å². The predicted octanol–water partition coefficient (Wildman–Crippen LogP) is 2.37. The highest BCUT2D eigenvalue weighted by atomic mass is 16.5. The maximum absolute atomic E-state index is 12.2. The molecular formula is C18H20N2O4. The quantitative estimate of drug-likeness (QED) is 0.816. The van der Waals surface area contributed by atoms with Crippen molar-refractivity contribution in [2.24, 2.45) is 5.73 Å². The van der Waals surface area contributed by atoms with Gasteiger partial charge in [-0.3, -0.25) is 9.59 Å². The van der Waals surface area contributed by atoms with Crippen molar-refractivity contribution in [2.45, 2.75) is 13.3 Å². The highest BCUT2D eigenvalue weighted by Crippen LogP contribution is 2.28. The number of carbonyl (C=O) groups excluding carboxylic acids is 2. The molecule has 2 amide bonds. The van der Waals surface area contributed by atoms with E-state index < -0.39 is 5.91 Å². The zero-order valence-corrected chi connectivity index (χ0v) is 13.7. The zero-order chi connectivity index (χ0) is 17.5. The smallest absolute Gasteiger partial charge is 0.250 e. The van der Waals surface area contributed by atoms with Gasteiger partial charge in [0, 0.05) is 0 Å². The molecule has 0 heterocycles. The lowest BCUT2D eigenvalue weighted by molar-refractivity contribution is -0.115. The standard InChI is InChI=1S/C18H20N2O4/c1-3-24-15-9-8-12(10-16(15)23-2)11-17(21)20-14-7-5-4-6-13(14)18(19)22/h4-10H,3,11H2,1-2H3,(H2,19,22)(H,20,21). The maximum atomic E-state index is 12.2. The number of hydrogen-bond acceptors (Lipinski definition) is 4. The van der Waals surface area contributed by atoms with E-state index in [4.69, 9.17) is 15.2 Å². The van der Waals surface area contributed by atoms with Gasteiger partial charge < -0.3 is 20.5 Å². The van der Waals surface area contributed by atoms with Crippen LogP contribution in [0.1, 0.15) is 22.8 Å². The van der Waals surface area contributed by atoms with Crippen LogP contribution in [0.4, 0.5) is 5.69 Å². The number of rotatable bonds is 7. The average Bonchev–Trinajstić information content (AvgIpc) is 2.56. The number of para-hydroxylation sites is 1. The first kappa shape index (κ1) is 17.3. The van der Waals surface area contributed by atoms with Crippen LogP contribution in [0.5, 0.6) is 11.5 Å². The summed E-state index contributed by atoms with van der Waals surface area (Å²) in [5.74, 6) is 0.353. The Morgan fingerprint density at radius 2 is 1.88 bits per heavy atom. The van der Waals surface area contributed by atoms with E-state index in [1.54, 1.807) is 49.6 Å². The lowest BCUT2D eigenvalue weighted by Gasteiger charge is -2.12. The monoisotopic (exact) mass is 328 g/mol. The van der Waals surface area contributed by atoms with E-state index in [1.165, 1.54) is 0 Å². The van der Waals surface area contributed by atoms with Crippen LogP contribution in [0.15, 0.2) is 42.5 Å². The first-order chi connectivity index (χ1) is 11.5. The van der Waals surface area contributed by atoms with Gasteiger partial charge in [0.2, 0.25) is 5.91 Å². The second kappa shape index (κ2) is 8.01. The number of amides is 2. The number of carbonyl (C=O) groups is 2. The van der Waals surface area contributed by atoms with Crippen LogP contribution in [0, 0.1) is 0 Å². The number of methoxy groups -OCH3 is 1. The minimum absolute atomic E-state index is 0.135. The van der Waals surface area contributed by atoms with Gasteiger partial charge >= 0.3 is 0 Å². The molecule has 2 aromatic rings. The summed E-state index contributed by atoms with van der Waals surface area (Å²) in [5.41, 5.74) is 6.74. The molecule has 0 aliphatic carbocycles. The van der Waals surface area contributed by atoms with Crippen molar-refractivity contribution in [3.05, 3.63) is 53.6 Å². The minimum atomic E-state index is -0.589. The lowest BCUT2D eigenvalue weighted by Crippen LogP contribution is -2.19. The molecule has 0 bridgehead atoms. The van der Waals surface area contributed by atoms with Crippen molar-refractivity contribution in [2.75, 3.05) is 19.0 Å². The van der Waals surface area contributed by atoms with Gasteiger partial charge in [-0.15, -0.1) is 0 Å². The first-order valence-corrected chi connectivity index (χ1v) is 7.53. The normalized spacial score (nSPS) is 10.1. The Morgan fingerprint density at radius 3 is 2.54 bits per heavy atom. The Balaban J connectivity index is 2.12. The van der Waals surface area contributed by atoms with E-state index >= 15 is 0 Å². The van der Waals surface area contributed by atoms with E-state index in [2.05, 4.69) is 5.32 Å². The highest BCUT2D eigenvalue weighted by Gasteiger charge is 2.12. The van der Waals surface area contributed by atoms with Gasteiger partial charge in [0.25, 0.3) is 5.91 Å². The summed E-state index contributed by atoms with van der Waals surface area (Å²) >= 11 is 0. The van der Waals surface area contributed by atoms with Crippen LogP contribution in [0.3, 0.4) is 0 Å². The molecule has 24 heavy (non-hydrogen) atoms. The molecule has 0 atom stereocenters. The third kappa shape index (κ3) is 4.25. The molecule has 0 aromatic heterocycles. The fourth-order valence-corrected chi connectivity index (χ4v) is 2.28. The van der Waals surface area contributed by atoms with E-state index in [1.807, 2.05) is 6.92 Å². The Labute approximate surface area is 140 Å². The summed E-state index contributed by atoms with van der Waals surface area (Å²) in [6, 6.07) is 11.9. The number of primary amides is 1. The maximum Gasteiger partial charge on any atom is 0.250 e. The van der Waals surface area contributed by atoms with Crippen molar-refractivity contribution in [1.29, 1.82) is 0 Å². The molecule has 2 rings (SSSR count). The summed E-state index contributed by atoms with van der Waals surface area (Å²) in [7, 11) is 1.55. The molecule has 0 aliphatic rings. The second-order valence-electron chi connectivity index (χ2n) is 5.05. The summed E-state index contributed by atoms with van der Waals surface area (Å²) in [6.45, 7) is 2.41. The van der Waals surface area contributed by atoms with Gasteiger partial charge in [-0.1, -0.05) is 18.2 Å². The SMILES string of the molecule is CCOc1ccc(CC(=O)Nc2ccccc2C(N)=O)cc1OC. The molecule has 0 spiro atoms. The van der Waals surface area contributed by atoms with Gasteiger partial charge in [0.1, 0.15) is 0 Å². The van der Waals surface area contributed by atoms with Crippen LogP contribution in [-0.4, -0.2) is 25.5 Å². The van der Waals surface area contributed by atoms with Crippen molar-refractivity contribution in [1.82, 2.24) is 0 Å². The van der Waals surface area contributed by atoms with E-state index in [9.17, 15) is 9.59 Å². The third-order valence-corrected chi connectivity index (χ3v) is 3.36. The highest BCUT2D eigenvalue weighted by molar-refractivity contribution is 6.03. The van der Waals surface area contributed by atoms with Gasteiger partial charge in [0.05, 0.1) is 31.4 Å². The van der Waals surface area contributed by atoms with Crippen LogP contribution < -0.4 is 20.5 Å². The van der Waals surface area contributed by atoms with E-state index in [0.717, 1.165) is 5.56 Å². The van der Waals surface area contributed by atoms with Crippen molar-refractivity contribution in [3.8, 4) is 11.5 Å². The number of anilines is 1. The van der Waals surface area contributed by atoms with E-state index in [0.29, 0.717) is 23.8 Å². The summed E-state index contributed by atoms with van der Waals surface area (Å²) < 4.78 is 10.7. The first-order valence-electron chi connectivity index (χ1n) is 7.53. The fraction of sp³-hybridized carbons (Fsp3) is 0.222. The second-order valence-corrected chi connectivity index (χ2v) is 5.05. The van der Waals surface area contributed by atoms with Gasteiger partial charge in [0.15, 0.2) is 11.5 Å². The third-order valence-electron chi connectivity index (χ3n) is 3.36. The summed E-state index contributed by atoms with van der Waals surface area (Å²) in [6.07, 6.45) is 0.135. The van der Waals surface area contributed by atoms with Gasteiger partial charge in [-0.2, -0.15) is 0 Å². The number of ether oxygens (including phenoxy) is 2. The van der Waals surface area contributed by atoms with Crippen LogP contribution in [0.25, 0.3) is 0 Å². The zero-order valence-electron chi connectivity index (χ0n) is 13.7. The molecule has 126 valence electrons. The molecule has 0 radical (unpaired) electrons. The topological polar surface area (TPSA) is 90.6 Å².